The number of hydrogen-bond acceptors (Lipinski definition) is 5. The molecule has 3 aliphatic heterocycles. The first-order valence-corrected chi connectivity index (χ1v) is 15.2. The Bertz CT molecular complexity index is 1360. The molecule has 2 aromatic rings. The van der Waals surface area contributed by atoms with Crippen molar-refractivity contribution in [2.45, 2.75) is 77.4 Å². The molecule has 0 bridgehead atoms. The highest BCUT2D eigenvalue weighted by Crippen LogP contribution is 2.57. The van der Waals surface area contributed by atoms with Gasteiger partial charge in [-0.25, -0.2) is 0 Å². The van der Waals surface area contributed by atoms with Crippen LogP contribution in [0.1, 0.15) is 77.3 Å². The Morgan fingerprint density at radius 3 is 2.60 bits per heavy atom. The minimum Gasteiger partial charge on any atom is -0.368 e. The lowest BCUT2D eigenvalue weighted by Gasteiger charge is -2.40. The summed E-state index contributed by atoms with van der Waals surface area (Å²) in [6.45, 7) is 8.88. The first-order valence-electron chi connectivity index (χ1n) is 15.2. The predicted molar refractivity (Wildman–Crippen MR) is 151 cm³/mol. The van der Waals surface area contributed by atoms with E-state index in [2.05, 4.69) is 36.9 Å². The highest BCUT2D eigenvalue weighted by atomic mass is 16.2. The van der Waals surface area contributed by atoms with Gasteiger partial charge in [0.05, 0.1) is 0 Å². The zero-order valence-electron chi connectivity index (χ0n) is 23.8. The lowest BCUT2D eigenvalue weighted by Crippen LogP contribution is -2.53. The van der Waals surface area contributed by atoms with Gasteiger partial charge in [0.15, 0.2) is 5.69 Å². The van der Waals surface area contributed by atoms with Crippen molar-refractivity contribution in [2.75, 3.05) is 44.2 Å². The van der Waals surface area contributed by atoms with Gasteiger partial charge in [-0.1, -0.05) is 12.1 Å². The number of fused-ring (bicyclic) bond motifs is 3. The minimum atomic E-state index is -0.164. The van der Waals surface area contributed by atoms with Crippen molar-refractivity contribution in [3.05, 3.63) is 46.3 Å². The van der Waals surface area contributed by atoms with Gasteiger partial charge in [0, 0.05) is 62.6 Å². The van der Waals surface area contributed by atoms with Crippen molar-refractivity contribution in [1.29, 1.82) is 0 Å². The molecule has 1 saturated carbocycles. The van der Waals surface area contributed by atoms with Crippen LogP contribution in [0.5, 0.6) is 0 Å². The van der Waals surface area contributed by atoms with Gasteiger partial charge < -0.3 is 19.6 Å². The third-order valence-electron chi connectivity index (χ3n) is 10.1. The molecule has 7 rings (SSSR count). The summed E-state index contributed by atoms with van der Waals surface area (Å²) in [4.78, 5) is 48.2. The predicted octanol–water partition coefficient (Wildman–Crippen LogP) is 3.08. The van der Waals surface area contributed by atoms with Crippen LogP contribution in [0.4, 0.5) is 5.69 Å². The molecular formula is C31H40N6O3. The van der Waals surface area contributed by atoms with E-state index >= 15 is 0 Å². The average molecular weight is 545 g/mol. The Morgan fingerprint density at radius 2 is 1.82 bits per heavy atom. The van der Waals surface area contributed by atoms with Crippen molar-refractivity contribution in [3.63, 3.8) is 0 Å². The fraction of sp³-hybridized carbons (Fsp3) is 0.613. The van der Waals surface area contributed by atoms with Crippen molar-refractivity contribution in [2.24, 2.45) is 5.92 Å². The Hall–Kier alpha value is -3.36. The van der Waals surface area contributed by atoms with E-state index in [0.29, 0.717) is 43.6 Å². The molecule has 4 heterocycles. The van der Waals surface area contributed by atoms with Crippen LogP contribution in [0.15, 0.2) is 18.2 Å². The zero-order valence-corrected chi connectivity index (χ0v) is 23.8. The molecule has 1 aromatic carbocycles. The Kier molecular flexibility index (Phi) is 6.35. The monoisotopic (exact) mass is 544 g/mol. The molecule has 2 aliphatic carbocycles. The summed E-state index contributed by atoms with van der Waals surface area (Å²) in [5.74, 6) is 1.16. The number of nitrogens with zero attached hydrogens (tertiary/aromatic N) is 6. The summed E-state index contributed by atoms with van der Waals surface area (Å²) in [5.41, 5.74) is 6.54. The van der Waals surface area contributed by atoms with Gasteiger partial charge in [0.25, 0.3) is 5.91 Å². The van der Waals surface area contributed by atoms with E-state index in [1.54, 1.807) is 0 Å². The first kappa shape index (κ1) is 25.6. The number of piperazine rings is 1. The van der Waals surface area contributed by atoms with Crippen LogP contribution in [0.25, 0.3) is 0 Å². The molecule has 212 valence electrons. The number of hydrogen-bond donors (Lipinski definition) is 0. The second-order valence-corrected chi connectivity index (χ2v) is 12.4. The van der Waals surface area contributed by atoms with Crippen molar-refractivity contribution >= 4 is 23.4 Å². The molecule has 9 nitrogen and oxygen atoms in total. The average Bonchev–Trinajstić information content (AvgIpc) is 3.25. The number of carbonyl (C=O) groups excluding carboxylic acids is 3. The smallest absolute Gasteiger partial charge is 0.276 e. The molecule has 3 amide bonds. The van der Waals surface area contributed by atoms with E-state index in [1.807, 2.05) is 19.4 Å². The number of carbonyl (C=O) groups is 3. The molecule has 9 heteroatoms. The van der Waals surface area contributed by atoms with Gasteiger partial charge in [-0.05, 0) is 81.4 Å². The SMILES string of the molecule is Cc1cccc(N2CCN(C(=O)Cn3nc(C(=O)N4CCCCC4N4CCCC4=O)c4c3C[C@H]3C[C@@H]43)CC2)c1C. The van der Waals surface area contributed by atoms with Crippen LogP contribution in [0.3, 0.4) is 0 Å². The maximum atomic E-state index is 14.0. The molecule has 0 radical (unpaired) electrons. The summed E-state index contributed by atoms with van der Waals surface area (Å²) in [7, 11) is 0. The zero-order chi connectivity index (χ0) is 27.5. The van der Waals surface area contributed by atoms with E-state index in [9.17, 15) is 14.4 Å². The van der Waals surface area contributed by atoms with Gasteiger partial charge in [-0.15, -0.1) is 0 Å². The number of anilines is 1. The van der Waals surface area contributed by atoms with E-state index < -0.39 is 0 Å². The lowest BCUT2D eigenvalue weighted by atomic mass is 10.0. The van der Waals surface area contributed by atoms with E-state index in [1.165, 1.54) is 16.8 Å². The number of likely N-dealkylation sites (tertiary alicyclic amines) is 2. The number of rotatable bonds is 5. The summed E-state index contributed by atoms with van der Waals surface area (Å²) in [6.07, 6.45) is 6.11. The quantitative estimate of drug-likeness (QED) is 0.578. The van der Waals surface area contributed by atoms with Crippen molar-refractivity contribution in [1.82, 2.24) is 24.5 Å². The summed E-state index contributed by atoms with van der Waals surface area (Å²) in [6, 6.07) is 6.41. The maximum absolute atomic E-state index is 14.0. The number of amides is 3. The topological polar surface area (TPSA) is 82.0 Å². The number of piperidine rings is 1. The highest BCUT2D eigenvalue weighted by molar-refractivity contribution is 5.95. The fourth-order valence-corrected chi connectivity index (χ4v) is 7.58. The van der Waals surface area contributed by atoms with Crippen molar-refractivity contribution < 1.29 is 14.4 Å². The maximum Gasteiger partial charge on any atom is 0.276 e. The summed E-state index contributed by atoms with van der Waals surface area (Å²) in [5, 5.41) is 4.85. The molecule has 1 aromatic heterocycles. The Labute approximate surface area is 236 Å². The molecule has 4 fully saturated rings. The van der Waals surface area contributed by atoms with Crippen LogP contribution in [-0.4, -0.2) is 87.6 Å². The minimum absolute atomic E-state index is 0.0541. The van der Waals surface area contributed by atoms with E-state index in [4.69, 9.17) is 5.10 Å². The number of benzene rings is 1. The second kappa shape index (κ2) is 9.93. The largest absolute Gasteiger partial charge is 0.368 e. The molecular weight excluding hydrogens is 504 g/mol. The van der Waals surface area contributed by atoms with Crippen LogP contribution in [0, 0.1) is 19.8 Å². The van der Waals surface area contributed by atoms with Crippen LogP contribution in [-0.2, 0) is 22.6 Å². The molecule has 0 spiro atoms. The van der Waals surface area contributed by atoms with Crippen LogP contribution in [0.2, 0.25) is 0 Å². The van der Waals surface area contributed by atoms with Crippen molar-refractivity contribution in [3.8, 4) is 0 Å². The van der Waals surface area contributed by atoms with Crippen LogP contribution < -0.4 is 4.90 Å². The standard InChI is InChI=1S/C31H40N6O3/c1-20-7-5-8-24(21(20)2)33-13-15-34(16-14-33)28(39)19-37-25-18-22-17-23(22)29(25)30(32-37)31(40)36-11-4-3-9-26(36)35-12-6-10-27(35)38/h5,7-8,22-23,26H,3-4,6,9-19H2,1-2H3/t22-,23-,26?/m1/s1. The number of aryl methyl sites for hydroxylation is 1. The number of aromatic nitrogens is 2. The van der Waals surface area contributed by atoms with E-state index in [-0.39, 0.29) is 30.4 Å². The Morgan fingerprint density at radius 1 is 1.00 bits per heavy atom. The van der Waals surface area contributed by atoms with Gasteiger partial charge in [0.1, 0.15) is 12.7 Å². The van der Waals surface area contributed by atoms with Gasteiger partial charge >= 0.3 is 0 Å². The molecule has 1 unspecified atom stereocenters. The van der Waals surface area contributed by atoms with Gasteiger partial charge in [0.2, 0.25) is 11.8 Å². The molecule has 3 saturated heterocycles. The Balaban J connectivity index is 1.07. The van der Waals surface area contributed by atoms with Gasteiger partial charge in [-0.2, -0.15) is 5.10 Å². The molecule has 5 aliphatic rings. The second-order valence-electron chi connectivity index (χ2n) is 12.4. The molecule has 3 atom stereocenters. The third kappa shape index (κ3) is 4.29. The highest BCUT2D eigenvalue weighted by Gasteiger charge is 2.51. The first-order chi connectivity index (χ1) is 19.4. The molecule has 40 heavy (non-hydrogen) atoms. The summed E-state index contributed by atoms with van der Waals surface area (Å²) < 4.78 is 1.84. The lowest BCUT2D eigenvalue weighted by molar-refractivity contribution is -0.134. The van der Waals surface area contributed by atoms with Crippen LogP contribution >= 0.6 is 0 Å². The van der Waals surface area contributed by atoms with E-state index in [0.717, 1.165) is 69.4 Å². The molecule has 0 N–H and O–H groups in total. The van der Waals surface area contributed by atoms with Gasteiger partial charge in [-0.3, -0.25) is 19.1 Å². The fourth-order valence-electron chi connectivity index (χ4n) is 7.58. The summed E-state index contributed by atoms with van der Waals surface area (Å²) >= 11 is 0. The third-order valence-corrected chi connectivity index (χ3v) is 10.1. The normalized spacial score (nSPS) is 25.9.